The zero-order chi connectivity index (χ0) is 20.4. The highest BCUT2D eigenvalue weighted by atomic mass is 19.1. The third-order valence-electron chi connectivity index (χ3n) is 5.29. The summed E-state index contributed by atoms with van der Waals surface area (Å²) >= 11 is 0. The molecule has 28 heavy (non-hydrogen) atoms. The molecule has 1 aromatic heterocycles. The van der Waals surface area contributed by atoms with Gasteiger partial charge in [-0.25, -0.2) is 4.39 Å². The fraction of sp³-hybridized carbons (Fsp3) is 0.476. The maximum absolute atomic E-state index is 13.2. The topological polar surface area (TPSA) is 58.4 Å². The lowest BCUT2D eigenvalue weighted by Crippen LogP contribution is -2.47. The minimum Gasteiger partial charge on any atom is -0.336 e. The predicted octanol–water partition coefficient (Wildman–Crippen LogP) is 2.77. The number of rotatable bonds is 4. The van der Waals surface area contributed by atoms with Crippen LogP contribution in [0.2, 0.25) is 0 Å². The van der Waals surface area contributed by atoms with Crippen molar-refractivity contribution in [2.24, 2.45) is 13.0 Å². The normalized spacial score (nSPS) is 17.9. The molecule has 2 aromatic rings. The Balaban J connectivity index is 1.84. The zero-order valence-electron chi connectivity index (χ0n) is 16.9. The molecular formula is C21H27FN4O2. The van der Waals surface area contributed by atoms with Crippen LogP contribution in [0, 0.1) is 18.7 Å². The van der Waals surface area contributed by atoms with E-state index in [1.807, 2.05) is 11.8 Å². The van der Waals surface area contributed by atoms with E-state index < -0.39 is 0 Å². The number of halogens is 1. The maximum Gasteiger partial charge on any atom is 0.257 e. The molecule has 0 aliphatic carbocycles. The molecule has 1 aromatic carbocycles. The summed E-state index contributed by atoms with van der Waals surface area (Å²) in [6, 6.07) is 6.10. The predicted molar refractivity (Wildman–Crippen MR) is 104 cm³/mol. The highest BCUT2D eigenvalue weighted by Gasteiger charge is 2.34. The van der Waals surface area contributed by atoms with Crippen molar-refractivity contribution in [3.63, 3.8) is 0 Å². The number of benzene rings is 1. The van der Waals surface area contributed by atoms with E-state index in [1.165, 1.54) is 12.1 Å². The molecule has 2 amide bonds. The van der Waals surface area contributed by atoms with Gasteiger partial charge in [0.1, 0.15) is 5.82 Å². The number of aryl methyl sites for hydroxylation is 2. The van der Waals surface area contributed by atoms with Gasteiger partial charge in [0.25, 0.3) is 5.91 Å². The van der Waals surface area contributed by atoms with Crippen LogP contribution >= 0.6 is 0 Å². The molecule has 1 atom stereocenters. The fourth-order valence-corrected chi connectivity index (χ4v) is 3.70. The van der Waals surface area contributed by atoms with E-state index in [0.29, 0.717) is 30.9 Å². The molecule has 1 aliphatic rings. The molecule has 0 spiro atoms. The van der Waals surface area contributed by atoms with Crippen LogP contribution in [0.4, 0.5) is 4.39 Å². The smallest absolute Gasteiger partial charge is 0.257 e. The standard InChI is InChI=1S/C21H27FN4O2/c1-14(2)19-13-25(21(28)18-12-24(4)23-15(18)3)10-9-20(27)26(19)11-16-5-7-17(22)8-6-16/h5-8,12,14,19H,9-11,13H2,1-4H3. The van der Waals surface area contributed by atoms with Crippen molar-refractivity contribution in [3.8, 4) is 0 Å². The first-order valence-electron chi connectivity index (χ1n) is 9.59. The van der Waals surface area contributed by atoms with Crippen molar-refractivity contribution in [1.29, 1.82) is 0 Å². The quantitative estimate of drug-likeness (QED) is 0.812. The van der Waals surface area contributed by atoms with Crippen LogP contribution in [-0.4, -0.2) is 50.5 Å². The van der Waals surface area contributed by atoms with E-state index in [4.69, 9.17) is 0 Å². The van der Waals surface area contributed by atoms with E-state index in [0.717, 1.165) is 5.56 Å². The highest BCUT2D eigenvalue weighted by Crippen LogP contribution is 2.22. The molecule has 1 fully saturated rings. The first-order chi connectivity index (χ1) is 13.3. The molecule has 3 rings (SSSR count). The van der Waals surface area contributed by atoms with Crippen LogP contribution in [0.5, 0.6) is 0 Å². The van der Waals surface area contributed by atoms with Crippen molar-refractivity contribution in [2.45, 2.75) is 39.8 Å². The fourth-order valence-electron chi connectivity index (χ4n) is 3.70. The number of carbonyl (C=O) groups is 2. The summed E-state index contributed by atoms with van der Waals surface area (Å²) in [6.45, 7) is 7.19. The monoisotopic (exact) mass is 386 g/mol. The van der Waals surface area contributed by atoms with Gasteiger partial charge in [-0.2, -0.15) is 5.10 Å². The first kappa shape index (κ1) is 20.0. The summed E-state index contributed by atoms with van der Waals surface area (Å²) in [5.74, 6) is -0.198. The number of carbonyl (C=O) groups excluding carboxylic acids is 2. The summed E-state index contributed by atoms with van der Waals surface area (Å²) < 4.78 is 14.8. The Bertz CT molecular complexity index is 860. The Kier molecular flexibility index (Phi) is 5.82. The van der Waals surface area contributed by atoms with Gasteiger partial charge in [-0.05, 0) is 30.5 Å². The second kappa shape index (κ2) is 8.12. The Morgan fingerprint density at radius 2 is 1.96 bits per heavy atom. The number of hydrogen-bond donors (Lipinski definition) is 0. The maximum atomic E-state index is 13.2. The molecule has 1 unspecified atom stereocenters. The zero-order valence-corrected chi connectivity index (χ0v) is 16.9. The SMILES string of the molecule is Cc1nn(C)cc1C(=O)N1CCC(=O)N(Cc2ccc(F)cc2)C(C(C)C)C1. The summed E-state index contributed by atoms with van der Waals surface area (Å²) in [4.78, 5) is 29.5. The van der Waals surface area contributed by atoms with Crippen LogP contribution in [0.3, 0.4) is 0 Å². The van der Waals surface area contributed by atoms with Gasteiger partial charge in [0.2, 0.25) is 5.91 Å². The van der Waals surface area contributed by atoms with Gasteiger partial charge in [-0.3, -0.25) is 14.3 Å². The lowest BCUT2D eigenvalue weighted by molar-refractivity contribution is -0.134. The lowest BCUT2D eigenvalue weighted by atomic mass is 10.0. The average Bonchev–Trinajstić information content (AvgIpc) is 2.89. The molecule has 0 saturated carbocycles. The Morgan fingerprint density at radius 3 is 2.54 bits per heavy atom. The summed E-state index contributed by atoms with van der Waals surface area (Å²) in [5, 5.41) is 4.26. The van der Waals surface area contributed by atoms with Gasteiger partial charge >= 0.3 is 0 Å². The van der Waals surface area contributed by atoms with E-state index in [2.05, 4.69) is 18.9 Å². The number of nitrogens with zero attached hydrogens (tertiary/aromatic N) is 4. The third kappa shape index (κ3) is 4.24. The molecular weight excluding hydrogens is 359 g/mol. The first-order valence-corrected chi connectivity index (χ1v) is 9.59. The number of aromatic nitrogens is 2. The van der Waals surface area contributed by atoms with Gasteiger partial charge in [-0.15, -0.1) is 0 Å². The molecule has 1 saturated heterocycles. The van der Waals surface area contributed by atoms with Gasteiger partial charge in [0.15, 0.2) is 0 Å². The summed E-state index contributed by atoms with van der Waals surface area (Å²) in [6.07, 6.45) is 2.00. The molecule has 6 nitrogen and oxygen atoms in total. The van der Waals surface area contributed by atoms with Crippen molar-refractivity contribution < 1.29 is 14.0 Å². The Morgan fingerprint density at radius 1 is 1.29 bits per heavy atom. The van der Waals surface area contributed by atoms with Crippen molar-refractivity contribution >= 4 is 11.8 Å². The molecule has 7 heteroatoms. The van der Waals surface area contributed by atoms with Gasteiger partial charge < -0.3 is 9.80 Å². The Hall–Kier alpha value is -2.70. The molecule has 0 bridgehead atoms. The minimum atomic E-state index is -0.296. The average molecular weight is 386 g/mol. The lowest BCUT2D eigenvalue weighted by Gasteiger charge is -2.34. The van der Waals surface area contributed by atoms with Crippen LogP contribution in [0.1, 0.15) is 41.9 Å². The highest BCUT2D eigenvalue weighted by molar-refractivity contribution is 5.95. The van der Waals surface area contributed by atoms with Crippen molar-refractivity contribution in [3.05, 3.63) is 53.1 Å². The molecule has 2 heterocycles. The van der Waals surface area contributed by atoms with Gasteiger partial charge in [-0.1, -0.05) is 26.0 Å². The van der Waals surface area contributed by atoms with Gasteiger partial charge in [0.05, 0.1) is 17.3 Å². The van der Waals surface area contributed by atoms with E-state index in [9.17, 15) is 14.0 Å². The van der Waals surface area contributed by atoms with Crippen LogP contribution in [0.25, 0.3) is 0 Å². The van der Waals surface area contributed by atoms with Crippen LogP contribution in [-0.2, 0) is 18.4 Å². The number of hydrogen-bond acceptors (Lipinski definition) is 3. The van der Waals surface area contributed by atoms with Gasteiger partial charge in [0, 0.05) is 39.3 Å². The third-order valence-corrected chi connectivity index (χ3v) is 5.29. The van der Waals surface area contributed by atoms with Crippen molar-refractivity contribution in [1.82, 2.24) is 19.6 Å². The second-order valence-corrected chi connectivity index (χ2v) is 7.76. The molecule has 1 aliphatic heterocycles. The molecule has 0 radical (unpaired) electrons. The largest absolute Gasteiger partial charge is 0.336 e. The Labute approximate surface area is 164 Å². The summed E-state index contributed by atoms with van der Waals surface area (Å²) in [5.41, 5.74) is 2.14. The van der Waals surface area contributed by atoms with Crippen LogP contribution in [0.15, 0.2) is 30.5 Å². The molecule has 150 valence electrons. The number of amides is 2. The minimum absolute atomic E-state index is 0.0150. The van der Waals surface area contributed by atoms with E-state index >= 15 is 0 Å². The van der Waals surface area contributed by atoms with E-state index in [1.54, 1.807) is 35.0 Å². The molecule has 0 N–H and O–H groups in total. The summed E-state index contributed by atoms with van der Waals surface area (Å²) in [7, 11) is 1.79. The van der Waals surface area contributed by atoms with Crippen molar-refractivity contribution in [2.75, 3.05) is 13.1 Å². The van der Waals surface area contributed by atoms with E-state index in [-0.39, 0.29) is 36.0 Å². The second-order valence-electron chi connectivity index (χ2n) is 7.76. The van der Waals surface area contributed by atoms with Crippen LogP contribution < -0.4 is 0 Å².